The molecule has 1 fully saturated rings. The Labute approximate surface area is 129 Å². The maximum Gasteiger partial charge on any atom is 0.242 e. The van der Waals surface area contributed by atoms with Crippen LogP contribution in [0.3, 0.4) is 0 Å². The summed E-state index contributed by atoms with van der Waals surface area (Å²) in [5.41, 5.74) is 1.10. The Morgan fingerprint density at radius 3 is 2.76 bits per heavy atom. The fourth-order valence-corrected chi connectivity index (χ4v) is 2.55. The third-order valence-electron chi connectivity index (χ3n) is 3.30. The lowest BCUT2D eigenvalue weighted by atomic mass is 10.2. The first-order chi connectivity index (χ1) is 9.99. The molecule has 2 atom stereocenters. The smallest absolute Gasteiger partial charge is 0.242 e. The summed E-state index contributed by atoms with van der Waals surface area (Å²) in [5, 5.41) is 12.4. The molecule has 0 radical (unpaired) electrons. The standard InChI is InChI=1S/C15H18ClN3O2/c1-10-8-19(9-11(2)21-10)15(20)7-18-13-3-4-14(16)12(5-13)6-17/h3-5,10-11,18H,7-9H2,1-2H3/t10-,11+. The summed E-state index contributed by atoms with van der Waals surface area (Å²) in [7, 11) is 0. The van der Waals surface area contributed by atoms with Crippen molar-refractivity contribution in [1.29, 1.82) is 5.26 Å². The van der Waals surface area contributed by atoms with Gasteiger partial charge in [0.25, 0.3) is 0 Å². The van der Waals surface area contributed by atoms with Crippen LogP contribution in [0, 0.1) is 11.3 Å². The van der Waals surface area contributed by atoms with Crippen molar-refractivity contribution in [2.24, 2.45) is 0 Å². The van der Waals surface area contributed by atoms with E-state index in [1.165, 1.54) is 0 Å². The number of carbonyl (C=O) groups excluding carboxylic acids is 1. The van der Waals surface area contributed by atoms with Gasteiger partial charge in [0.1, 0.15) is 6.07 Å². The molecule has 1 aliphatic heterocycles. The van der Waals surface area contributed by atoms with E-state index in [0.29, 0.717) is 29.4 Å². The van der Waals surface area contributed by atoms with Gasteiger partial charge in [0.2, 0.25) is 5.91 Å². The molecule has 1 aromatic rings. The van der Waals surface area contributed by atoms with Gasteiger partial charge in [-0.2, -0.15) is 5.26 Å². The molecule has 0 unspecified atom stereocenters. The monoisotopic (exact) mass is 307 g/mol. The molecule has 1 saturated heterocycles. The fourth-order valence-electron chi connectivity index (χ4n) is 2.39. The van der Waals surface area contributed by atoms with Crippen LogP contribution in [0.5, 0.6) is 0 Å². The van der Waals surface area contributed by atoms with E-state index < -0.39 is 0 Å². The molecule has 2 rings (SSSR count). The Morgan fingerprint density at radius 1 is 1.48 bits per heavy atom. The number of anilines is 1. The largest absolute Gasteiger partial charge is 0.376 e. The lowest BCUT2D eigenvalue weighted by Gasteiger charge is -2.35. The van der Waals surface area contributed by atoms with Gasteiger partial charge in [0.15, 0.2) is 0 Å². The van der Waals surface area contributed by atoms with Gasteiger partial charge in [-0.15, -0.1) is 0 Å². The van der Waals surface area contributed by atoms with Crippen LogP contribution in [0.2, 0.25) is 5.02 Å². The van der Waals surface area contributed by atoms with Crippen molar-refractivity contribution in [3.8, 4) is 6.07 Å². The van der Waals surface area contributed by atoms with Crippen molar-refractivity contribution >= 4 is 23.2 Å². The quantitative estimate of drug-likeness (QED) is 0.930. The van der Waals surface area contributed by atoms with Gasteiger partial charge >= 0.3 is 0 Å². The Morgan fingerprint density at radius 2 is 2.14 bits per heavy atom. The van der Waals surface area contributed by atoms with E-state index in [9.17, 15) is 4.79 Å². The highest BCUT2D eigenvalue weighted by Gasteiger charge is 2.25. The molecule has 0 bridgehead atoms. The Hall–Kier alpha value is -1.77. The van der Waals surface area contributed by atoms with E-state index in [-0.39, 0.29) is 24.7 Å². The van der Waals surface area contributed by atoms with E-state index >= 15 is 0 Å². The molecule has 1 aliphatic rings. The molecule has 1 aromatic carbocycles. The molecule has 0 aliphatic carbocycles. The van der Waals surface area contributed by atoms with E-state index in [1.54, 1.807) is 23.1 Å². The maximum atomic E-state index is 12.2. The highest BCUT2D eigenvalue weighted by molar-refractivity contribution is 6.31. The molecule has 1 amide bonds. The summed E-state index contributed by atoms with van der Waals surface area (Å²) in [6.07, 6.45) is 0.108. The van der Waals surface area contributed by atoms with Crippen molar-refractivity contribution in [3.05, 3.63) is 28.8 Å². The minimum absolute atomic E-state index is 0.0189. The number of hydrogen-bond acceptors (Lipinski definition) is 4. The minimum atomic E-state index is 0.0189. The number of ether oxygens (including phenoxy) is 1. The lowest BCUT2D eigenvalue weighted by Crippen LogP contribution is -2.49. The normalized spacial score (nSPS) is 21.7. The molecular formula is C15H18ClN3O2. The van der Waals surface area contributed by atoms with Crippen LogP contribution in [0.15, 0.2) is 18.2 Å². The van der Waals surface area contributed by atoms with E-state index in [2.05, 4.69) is 5.32 Å². The van der Waals surface area contributed by atoms with E-state index in [4.69, 9.17) is 21.6 Å². The Kier molecular flexibility index (Phi) is 5.05. The topological polar surface area (TPSA) is 65.4 Å². The maximum absolute atomic E-state index is 12.2. The summed E-state index contributed by atoms with van der Waals surface area (Å²) < 4.78 is 5.61. The summed E-state index contributed by atoms with van der Waals surface area (Å²) in [6.45, 7) is 5.32. The molecule has 5 nitrogen and oxygen atoms in total. The first-order valence-corrected chi connectivity index (χ1v) is 7.24. The molecule has 6 heteroatoms. The SMILES string of the molecule is C[C@@H]1CN(C(=O)CNc2ccc(Cl)c(C#N)c2)C[C@H](C)O1. The van der Waals surface area contributed by atoms with Crippen molar-refractivity contribution in [2.75, 3.05) is 25.0 Å². The summed E-state index contributed by atoms with van der Waals surface area (Å²) in [5.74, 6) is 0.0189. The summed E-state index contributed by atoms with van der Waals surface area (Å²) in [6, 6.07) is 7.05. The molecule has 112 valence electrons. The van der Waals surface area contributed by atoms with Gasteiger partial charge in [-0.25, -0.2) is 0 Å². The van der Waals surface area contributed by atoms with Crippen LogP contribution in [0.1, 0.15) is 19.4 Å². The van der Waals surface area contributed by atoms with Crippen LogP contribution in [0.25, 0.3) is 0 Å². The zero-order chi connectivity index (χ0) is 15.4. The second-order valence-corrected chi connectivity index (χ2v) is 5.62. The zero-order valence-corrected chi connectivity index (χ0v) is 12.9. The molecule has 0 aromatic heterocycles. The predicted octanol–water partition coefficient (Wildman–Crippen LogP) is 2.26. The van der Waals surface area contributed by atoms with Crippen molar-refractivity contribution in [1.82, 2.24) is 4.90 Å². The second kappa shape index (κ2) is 6.79. The number of benzene rings is 1. The molecule has 21 heavy (non-hydrogen) atoms. The van der Waals surface area contributed by atoms with Crippen molar-refractivity contribution < 1.29 is 9.53 Å². The van der Waals surface area contributed by atoms with Gasteiger partial charge in [-0.1, -0.05) is 11.6 Å². The number of amides is 1. The van der Waals surface area contributed by atoms with Crippen LogP contribution in [-0.2, 0) is 9.53 Å². The lowest BCUT2D eigenvalue weighted by molar-refractivity contribution is -0.141. The third kappa shape index (κ3) is 4.10. The minimum Gasteiger partial charge on any atom is -0.376 e. The number of nitrogens with zero attached hydrogens (tertiary/aromatic N) is 2. The average Bonchev–Trinajstić information content (AvgIpc) is 2.45. The molecule has 1 N–H and O–H groups in total. The predicted molar refractivity (Wildman–Crippen MR) is 81.2 cm³/mol. The number of carbonyl (C=O) groups is 1. The van der Waals surface area contributed by atoms with Gasteiger partial charge in [-0.3, -0.25) is 4.79 Å². The number of hydrogen-bond donors (Lipinski definition) is 1. The van der Waals surface area contributed by atoms with Gasteiger partial charge < -0.3 is 15.0 Å². The molecule has 0 saturated carbocycles. The second-order valence-electron chi connectivity index (χ2n) is 5.22. The highest BCUT2D eigenvalue weighted by Crippen LogP contribution is 2.19. The molecule has 1 heterocycles. The zero-order valence-electron chi connectivity index (χ0n) is 12.1. The third-order valence-corrected chi connectivity index (χ3v) is 3.63. The van der Waals surface area contributed by atoms with Gasteiger partial charge in [-0.05, 0) is 32.0 Å². The van der Waals surface area contributed by atoms with Gasteiger partial charge in [0.05, 0.1) is 29.3 Å². The average molecular weight is 308 g/mol. The molecule has 0 spiro atoms. The number of halogens is 1. The molecular weight excluding hydrogens is 290 g/mol. The number of morpholine rings is 1. The fraction of sp³-hybridized carbons (Fsp3) is 0.467. The summed E-state index contributed by atoms with van der Waals surface area (Å²) in [4.78, 5) is 14.0. The Balaban J connectivity index is 1.93. The van der Waals surface area contributed by atoms with E-state index in [1.807, 2.05) is 19.9 Å². The van der Waals surface area contributed by atoms with Crippen molar-refractivity contribution in [2.45, 2.75) is 26.1 Å². The van der Waals surface area contributed by atoms with Crippen LogP contribution >= 0.6 is 11.6 Å². The van der Waals surface area contributed by atoms with Crippen molar-refractivity contribution in [3.63, 3.8) is 0 Å². The number of rotatable bonds is 3. The summed E-state index contributed by atoms with van der Waals surface area (Å²) >= 11 is 5.87. The van der Waals surface area contributed by atoms with Crippen LogP contribution < -0.4 is 5.32 Å². The number of nitriles is 1. The number of nitrogens with one attached hydrogen (secondary N) is 1. The van der Waals surface area contributed by atoms with Crippen LogP contribution in [-0.4, -0.2) is 42.6 Å². The first kappa shape index (κ1) is 15.6. The highest BCUT2D eigenvalue weighted by atomic mass is 35.5. The van der Waals surface area contributed by atoms with E-state index in [0.717, 1.165) is 0 Å². The Bertz CT molecular complexity index is 561. The first-order valence-electron chi connectivity index (χ1n) is 6.86. The van der Waals surface area contributed by atoms with Gasteiger partial charge in [0, 0.05) is 18.8 Å². The van der Waals surface area contributed by atoms with Crippen LogP contribution in [0.4, 0.5) is 5.69 Å².